The summed E-state index contributed by atoms with van der Waals surface area (Å²) in [6.45, 7) is 8.98. The number of anilines is 1. The number of hydrogen-bond acceptors (Lipinski definition) is 10. The summed E-state index contributed by atoms with van der Waals surface area (Å²) in [7, 11) is 9.18. The summed E-state index contributed by atoms with van der Waals surface area (Å²) >= 11 is 0. The summed E-state index contributed by atoms with van der Waals surface area (Å²) in [6.07, 6.45) is -0.530. The Morgan fingerprint density at radius 3 is 2.41 bits per heavy atom. The third-order valence-corrected chi connectivity index (χ3v) is 13.2. The van der Waals surface area contributed by atoms with E-state index in [4.69, 9.17) is 9.57 Å². The van der Waals surface area contributed by atoms with E-state index in [0.717, 1.165) is 17.7 Å². The molecule has 0 aromatic heterocycles. The predicted molar refractivity (Wildman–Crippen MR) is 228 cm³/mol. The number of amides is 2. The number of carbonyl (C=O) groups excluding carboxylic acids is 2. The smallest absolute Gasteiger partial charge is 0.251 e. The second kappa shape index (κ2) is 18.3. The number of ether oxygens (including phenoxy) is 1. The number of nitrogens with zero attached hydrogens (tertiary/aromatic N) is 6. The Kier molecular flexibility index (Phi) is 13.6. The van der Waals surface area contributed by atoms with Crippen molar-refractivity contribution in [3.05, 3.63) is 93.9 Å². The minimum absolute atomic E-state index is 0.0000463. The fraction of sp³-hybridized carbons (Fsp3) is 0.556. The Morgan fingerprint density at radius 2 is 1.80 bits per heavy atom. The Morgan fingerprint density at radius 1 is 1.07 bits per heavy atom. The van der Waals surface area contributed by atoms with Crippen LogP contribution in [-0.2, 0) is 16.2 Å². The Balaban J connectivity index is 1.31. The highest BCUT2D eigenvalue weighted by molar-refractivity contribution is 5.97. The van der Waals surface area contributed by atoms with E-state index < -0.39 is 36.3 Å². The molecule has 4 fully saturated rings. The molecule has 59 heavy (non-hydrogen) atoms. The van der Waals surface area contributed by atoms with Crippen LogP contribution >= 0.6 is 0 Å². The van der Waals surface area contributed by atoms with Crippen LogP contribution in [0.1, 0.15) is 68.1 Å². The van der Waals surface area contributed by atoms with Crippen molar-refractivity contribution in [1.29, 1.82) is 0 Å². The number of fused-ring (bicyclic) bond motifs is 2. The first kappa shape index (κ1) is 43.9. The molecule has 1 saturated heterocycles. The van der Waals surface area contributed by atoms with E-state index in [2.05, 4.69) is 41.4 Å². The predicted octanol–water partition coefficient (Wildman–Crippen LogP) is 5.80. The van der Waals surface area contributed by atoms with Gasteiger partial charge in [0.05, 0.1) is 38.4 Å². The van der Waals surface area contributed by atoms with Gasteiger partial charge in [0.25, 0.3) is 5.91 Å². The van der Waals surface area contributed by atoms with Crippen LogP contribution in [0.15, 0.2) is 71.8 Å². The van der Waals surface area contributed by atoms with Crippen LogP contribution in [0.4, 0.5) is 5.69 Å². The van der Waals surface area contributed by atoms with Gasteiger partial charge in [-0.05, 0) is 91.9 Å². The van der Waals surface area contributed by atoms with Crippen LogP contribution in [0, 0.1) is 29.1 Å². The molecular weight excluding hydrogens is 749 g/mol. The fourth-order valence-corrected chi connectivity index (χ4v) is 9.85. The molecule has 3 aromatic carbocycles. The zero-order valence-corrected chi connectivity index (χ0v) is 35.9. The van der Waals surface area contributed by atoms with E-state index in [1.54, 1.807) is 19.1 Å². The molecule has 0 spiro atoms. The first-order valence-corrected chi connectivity index (χ1v) is 20.7. The first-order valence-electron chi connectivity index (χ1n) is 20.7. The highest BCUT2D eigenvalue weighted by Gasteiger charge is 2.57. The lowest BCUT2D eigenvalue weighted by Gasteiger charge is -2.62. The lowest BCUT2D eigenvalue weighted by atomic mass is 9.45. The van der Waals surface area contributed by atoms with E-state index in [0.29, 0.717) is 52.3 Å². The number of benzene rings is 3. The van der Waals surface area contributed by atoms with E-state index in [-0.39, 0.29) is 36.4 Å². The van der Waals surface area contributed by atoms with E-state index in [1.807, 2.05) is 105 Å². The number of aliphatic hydroxyl groups excluding tert-OH is 2. The fourth-order valence-electron chi connectivity index (χ4n) is 9.85. The number of methoxy groups -OCH3 is 1. The number of nitrogens with one attached hydrogen (secondary N) is 2. The Labute approximate surface area is 348 Å². The van der Waals surface area contributed by atoms with Gasteiger partial charge in [-0.15, -0.1) is 0 Å². The Bertz CT molecular complexity index is 2000. The van der Waals surface area contributed by atoms with Gasteiger partial charge in [-0.1, -0.05) is 74.4 Å². The summed E-state index contributed by atoms with van der Waals surface area (Å²) in [6, 6.07) is 19.1. The van der Waals surface area contributed by atoms with Crippen molar-refractivity contribution in [3.63, 3.8) is 0 Å². The molecule has 10 atom stereocenters. The number of likely N-dealkylation sites (N-methyl/N-ethyl adjacent to an activating group) is 1. The SMILES string of the molecule is COc1c(CN2O[C@@H](CN=[N+]=[N-])[C@@H]([C@H](C)O)[C@H]2C(=O)N[C@H]2C[C@@H]3C[C@H]([C@@H]2C)C3(C)C)cccc1-c1cc(C(=O)N[C@H](CN(C)C)[C@H](O)c2ccccc2)cc(N(C)C)c1. The summed E-state index contributed by atoms with van der Waals surface area (Å²) < 4.78 is 6.11. The third kappa shape index (κ3) is 9.23. The molecule has 3 aliphatic carbocycles. The second-order valence-corrected chi connectivity index (χ2v) is 17.8. The maximum absolute atomic E-state index is 14.4. The highest BCUT2D eigenvalue weighted by atomic mass is 16.7. The maximum Gasteiger partial charge on any atom is 0.251 e. The minimum atomic E-state index is -0.941. The normalized spacial score (nSPS) is 26.2. The van der Waals surface area contributed by atoms with Crippen molar-refractivity contribution in [1.82, 2.24) is 20.6 Å². The molecule has 3 saturated carbocycles. The number of hydrogen-bond donors (Lipinski definition) is 4. The third-order valence-electron chi connectivity index (χ3n) is 13.2. The molecule has 4 aliphatic rings. The largest absolute Gasteiger partial charge is 0.496 e. The first-order chi connectivity index (χ1) is 28.0. The van der Waals surface area contributed by atoms with Crippen molar-refractivity contribution in [2.75, 3.05) is 53.3 Å². The second-order valence-electron chi connectivity index (χ2n) is 17.8. The molecule has 2 bridgehead atoms. The maximum atomic E-state index is 14.4. The van der Waals surface area contributed by atoms with Crippen LogP contribution in [0.5, 0.6) is 5.75 Å². The van der Waals surface area contributed by atoms with Crippen molar-refractivity contribution < 1.29 is 29.4 Å². The van der Waals surface area contributed by atoms with Crippen molar-refractivity contribution >= 4 is 17.5 Å². The van der Waals surface area contributed by atoms with Gasteiger partial charge < -0.3 is 35.4 Å². The molecule has 0 unspecified atom stereocenters. The molecule has 3 aromatic rings. The molecule has 2 amide bonds. The van der Waals surface area contributed by atoms with Gasteiger partial charge in [0.1, 0.15) is 17.9 Å². The van der Waals surface area contributed by atoms with Gasteiger partial charge in [-0.3, -0.25) is 14.4 Å². The van der Waals surface area contributed by atoms with Gasteiger partial charge >= 0.3 is 0 Å². The van der Waals surface area contributed by atoms with Crippen LogP contribution in [0.3, 0.4) is 0 Å². The topological polar surface area (TPSA) is 176 Å². The standard InChI is InChI=1S/C45H62N8O6/c1-26-35-21-32(45(35,3)4)22-36(26)48-44(57)40-39(27(2)54)38(23-47-50-46)59-53(40)24-29-16-13-17-34(42(29)58-9)30-18-31(20-33(19-30)52(7)8)43(56)49-37(25-51(5)6)41(55)28-14-11-10-12-15-28/h10-20,26-27,32,35-41,54-55H,21-25H2,1-9H3,(H,48,57)(H,49,56)/t26-,27-,32-,35+,36-,37+,38-,39+,40-,41+/m0/s1. The number of carbonyl (C=O) groups is 2. The number of aliphatic hydroxyl groups is 2. The number of azide groups is 1. The lowest BCUT2D eigenvalue weighted by Crippen LogP contribution is -2.62. The molecule has 14 heteroatoms. The molecule has 0 radical (unpaired) electrons. The average molecular weight is 811 g/mol. The molecule has 4 N–H and O–H groups in total. The van der Waals surface area contributed by atoms with Crippen molar-refractivity contribution in [3.8, 4) is 16.9 Å². The van der Waals surface area contributed by atoms with Gasteiger partial charge in [0.15, 0.2) is 0 Å². The number of rotatable bonds is 16. The summed E-state index contributed by atoms with van der Waals surface area (Å²) in [5, 5.41) is 34.3. The molecule has 1 aliphatic heterocycles. The summed E-state index contributed by atoms with van der Waals surface area (Å²) in [4.78, 5) is 41.7. The zero-order valence-electron chi connectivity index (χ0n) is 35.9. The molecule has 7 rings (SSSR count). The zero-order chi connectivity index (χ0) is 42.8. The quantitative estimate of drug-likeness (QED) is 0.0792. The number of hydroxylamine groups is 2. The molecule has 1 heterocycles. The van der Waals surface area contributed by atoms with Crippen molar-refractivity contribution in [2.24, 2.45) is 34.2 Å². The minimum Gasteiger partial charge on any atom is -0.496 e. The molecule has 318 valence electrons. The summed E-state index contributed by atoms with van der Waals surface area (Å²) in [5.74, 6) is 0.650. The van der Waals surface area contributed by atoms with Crippen LogP contribution < -0.4 is 20.3 Å². The van der Waals surface area contributed by atoms with Crippen LogP contribution in [-0.4, -0.2) is 111 Å². The molecule has 14 nitrogen and oxygen atoms in total. The van der Waals surface area contributed by atoms with Gasteiger partial charge in [0, 0.05) is 59.9 Å². The molecular formula is C45H62N8O6. The van der Waals surface area contributed by atoms with Gasteiger partial charge in [-0.2, -0.15) is 5.06 Å². The Hall–Kier alpha value is -4.69. The lowest BCUT2D eigenvalue weighted by molar-refractivity contribution is -0.175. The van der Waals surface area contributed by atoms with Gasteiger partial charge in [0.2, 0.25) is 5.91 Å². The number of para-hydroxylation sites is 1. The summed E-state index contributed by atoms with van der Waals surface area (Å²) in [5.41, 5.74) is 13.5. The monoisotopic (exact) mass is 810 g/mol. The van der Waals surface area contributed by atoms with Gasteiger partial charge in [-0.25, -0.2) is 0 Å². The van der Waals surface area contributed by atoms with Crippen LogP contribution in [0.2, 0.25) is 0 Å². The van der Waals surface area contributed by atoms with Crippen molar-refractivity contribution in [2.45, 2.75) is 83.5 Å². The van der Waals surface area contributed by atoms with E-state index >= 15 is 0 Å². The van der Waals surface area contributed by atoms with E-state index in [1.165, 1.54) is 6.42 Å². The highest BCUT2D eigenvalue weighted by Crippen LogP contribution is 2.61. The van der Waals surface area contributed by atoms with E-state index in [9.17, 15) is 25.3 Å². The average Bonchev–Trinajstić information content (AvgIpc) is 3.57. The van der Waals surface area contributed by atoms with Crippen LogP contribution in [0.25, 0.3) is 21.6 Å².